The van der Waals surface area contributed by atoms with Crippen molar-refractivity contribution in [2.75, 3.05) is 6.61 Å². The summed E-state index contributed by atoms with van der Waals surface area (Å²) in [7, 11) is 0. The third kappa shape index (κ3) is 1.51. The predicted octanol–water partition coefficient (Wildman–Crippen LogP) is 3.37. The summed E-state index contributed by atoms with van der Waals surface area (Å²) in [6.07, 6.45) is 0. The molecule has 0 N–H and O–H groups in total. The molecule has 0 fully saturated rings. The van der Waals surface area contributed by atoms with Gasteiger partial charge in [0.05, 0.1) is 6.61 Å². The summed E-state index contributed by atoms with van der Waals surface area (Å²) in [6.45, 7) is 1.93. The average molecular weight is 185 g/mol. The maximum atomic E-state index is 10.9. The molecule has 71 valence electrons. The van der Waals surface area contributed by atoms with Crippen LogP contribution < -0.4 is 0 Å². The van der Waals surface area contributed by atoms with Crippen LogP contribution in [0.1, 0.15) is 18.4 Å². The van der Waals surface area contributed by atoms with Crippen LogP contribution in [0.3, 0.4) is 0 Å². The lowest BCUT2D eigenvalue weighted by molar-refractivity contribution is 0.178. The Bertz CT molecular complexity index is 429. The van der Waals surface area contributed by atoms with E-state index in [-0.39, 0.29) is 12.5 Å². The number of rotatable bonds is 2. The van der Waals surface area contributed by atoms with Crippen molar-refractivity contribution in [3.63, 3.8) is 0 Å². The fourth-order valence-electron chi connectivity index (χ4n) is 1.77. The highest BCUT2D eigenvalue weighted by Crippen LogP contribution is 2.24. The van der Waals surface area contributed by atoms with Gasteiger partial charge in [0.1, 0.15) is 0 Å². The Hall–Kier alpha value is -1.34. The lowest BCUT2D eigenvalue weighted by atomic mass is 9.95. The molecule has 0 bridgehead atoms. The van der Waals surface area contributed by atoms with Crippen LogP contribution in [-0.2, 0) is 5.11 Å². The summed E-state index contributed by atoms with van der Waals surface area (Å²) in [4.78, 5) is 0. The number of fused-ring (bicyclic) bond motifs is 1. The smallest absolute Gasteiger partial charge is 0.0888 e. The standard InChI is InChI=1S/C13H13O/c1-10(9-14)12-8-4-6-11-5-2-3-7-13(11)12/h2-8,10H,9H2,1H3. The normalized spacial score (nSPS) is 13.0. The molecule has 1 unspecified atom stereocenters. The predicted molar refractivity (Wildman–Crippen MR) is 57.9 cm³/mol. The SMILES string of the molecule is CC(C[O])c1cccc2ccccc12. The Balaban J connectivity index is 2.65. The summed E-state index contributed by atoms with van der Waals surface area (Å²) < 4.78 is 0. The van der Waals surface area contributed by atoms with E-state index < -0.39 is 0 Å². The molecule has 0 aliphatic heterocycles. The van der Waals surface area contributed by atoms with Crippen molar-refractivity contribution in [1.29, 1.82) is 0 Å². The third-order valence-electron chi connectivity index (χ3n) is 2.60. The number of hydrogen-bond donors (Lipinski definition) is 0. The minimum absolute atomic E-state index is 0.0476. The van der Waals surface area contributed by atoms with Gasteiger partial charge in [0.25, 0.3) is 0 Å². The van der Waals surface area contributed by atoms with Crippen molar-refractivity contribution < 1.29 is 5.11 Å². The molecule has 0 aromatic heterocycles. The first-order valence-corrected chi connectivity index (χ1v) is 4.88. The lowest BCUT2D eigenvalue weighted by Crippen LogP contribution is -1.98. The molecule has 1 heteroatoms. The van der Waals surface area contributed by atoms with Crippen molar-refractivity contribution in [3.8, 4) is 0 Å². The summed E-state index contributed by atoms with van der Waals surface area (Å²) in [5.74, 6) is 0.0982. The molecule has 14 heavy (non-hydrogen) atoms. The molecule has 0 aliphatic rings. The van der Waals surface area contributed by atoms with E-state index in [1.807, 2.05) is 31.2 Å². The number of hydrogen-bond acceptors (Lipinski definition) is 0. The second-order valence-corrected chi connectivity index (χ2v) is 3.64. The Labute approximate surface area is 84.0 Å². The van der Waals surface area contributed by atoms with Gasteiger partial charge in [-0.15, -0.1) is 0 Å². The topological polar surface area (TPSA) is 19.9 Å². The van der Waals surface area contributed by atoms with Gasteiger partial charge in [0, 0.05) is 5.92 Å². The molecule has 2 rings (SSSR count). The van der Waals surface area contributed by atoms with Crippen LogP contribution in [0.2, 0.25) is 0 Å². The van der Waals surface area contributed by atoms with Gasteiger partial charge in [-0.2, -0.15) is 0 Å². The van der Waals surface area contributed by atoms with Crippen molar-refractivity contribution in [1.82, 2.24) is 0 Å². The van der Waals surface area contributed by atoms with Crippen molar-refractivity contribution in [3.05, 3.63) is 48.0 Å². The summed E-state index contributed by atoms with van der Waals surface area (Å²) in [5.41, 5.74) is 1.16. The van der Waals surface area contributed by atoms with E-state index in [0.717, 1.165) is 5.56 Å². The Morgan fingerprint density at radius 1 is 1.07 bits per heavy atom. The van der Waals surface area contributed by atoms with Gasteiger partial charge in [-0.1, -0.05) is 49.4 Å². The minimum Gasteiger partial charge on any atom is -0.236 e. The molecule has 0 spiro atoms. The van der Waals surface area contributed by atoms with E-state index in [0.29, 0.717) is 0 Å². The molecule has 0 saturated heterocycles. The van der Waals surface area contributed by atoms with Crippen LogP contribution in [0, 0.1) is 0 Å². The van der Waals surface area contributed by atoms with E-state index in [4.69, 9.17) is 0 Å². The largest absolute Gasteiger partial charge is 0.236 e. The molecule has 1 radical (unpaired) electrons. The van der Waals surface area contributed by atoms with Gasteiger partial charge < -0.3 is 0 Å². The monoisotopic (exact) mass is 185 g/mol. The highest BCUT2D eigenvalue weighted by Gasteiger charge is 2.07. The average Bonchev–Trinajstić information content (AvgIpc) is 2.27. The third-order valence-corrected chi connectivity index (χ3v) is 2.60. The molecule has 2 aromatic rings. The van der Waals surface area contributed by atoms with Crippen molar-refractivity contribution >= 4 is 10.8 Å². The second kappa shape index (κ2) is 3.81. The quantitative estimate of drug-likeness (QED) is 0.683. The van der Waals surface area contributed by atoms with Crippen LogP contribution in [-0.4, -0.2) is 6.61 Å². The second-order valence-electron chi connectivity index (χ2n) is 3.64. The maximum Gasteiger partial charge on any atom is 0.0888 e. The lowest BCUT2D eigenvalue weighted by Gasteiger charge is -2.10. The van der Waals surface area contributed by atoms with Crippen LogP contribution in [0.5, 0.6) is 0 Å². The Morgan fingerprint density at radius 3 is 2.57 bits per heavy atom. The molecular formula is C13H13O. The van der Waals surface area contributed by atoms with Crippen molar-refractivity contribution in [2.24, 2.45) is 0 Å². The van der Waals surface area contributed by atoms with E-state index in [2.05, 4.69) is 18.2 Å². The first-order chi connectivity index (χ1) is 6.83. The zero-order valence-electron chi connectivity index (χ0n) is 8.23. The van der Waals surface area contributed by atoms with Crippen LogP contribution in [0.4, 0.5) is 0 Å². The highest BCUT2D eigenvalue weighted by atomic mass is 16.3. The fourth-order valence-corrected chi connectivity index (χ4v) is 1.77. The first-order valence-electron chi connectivity index (χ1n) is 4.88. The van der Waals surface area contributed by atoms with Crippen LogP contribution in [0.15, 0.2) is 42.5 Å². The Morgan fingerprint density at radius 2 is 1.79 bits per heavy atom. The molecule has 2 aromatic carbocycles. The van der Waals surface area contributed by atoms with Crippen LogP contribution in [0.25, 0.3) is 10.8 Å². The van der Waals surface area contributed by atoms with Gasteiger partial charge in [-0.25, -0.2) is 5.11 Å². The van der Waals surface area contributed by atoms with Crippen LogP contribution >= 0.6 is 0 Å². The summed E-state index contributed by atoms with van der Waals surface area (Å²) in [5, 5.41) is 13.3. The number of benzene rings is 2. The summed E-state index contributed by atoms with van der Waals surface area (Å²) in [6, 6.07) is 14.3. The Kier molecular flexibility index (Phi) is 2.51. The van der Waals surface area contributed by atoms with Gasteiger partial charge in [0.2, 0.25) is 0 Å². The van der Waals surface area contributed by atoms with E-state index >= 15 is 0 Å². The molecule has 0 heterocycles. The van der Waals surface area contributed by atoms with Gasteiger partial charge in [-0.05, 0) is 16.3 Å². The maximum absolute atomic E-state index is 10.9. The zero-order valence-corrected chi connectivity index (χ0v) is 8.23. The van der Waals surface area contributed by atoms with E-state index in [1.165, 1.54) is 10.8 Å². The molecule has 1 nitrogen and oxygen atoms in total. The summed E-state index contributed by atoms with van der Waals surface area (Å²) >= 11 is 0. The first kappa shape index (κ1) is 9.22. The highest BCUT2D eigenvalue weighted by molar-refractivity contribution is 5.86. The molecule has 0 saturated carbocycles. The molecule has 1 atom stereocenters. The molecule has 0 aliphatic carbocycles. The molecular weight excluding hydrogens is 172 g/mol. The van der Waals surface area contributed by atoms with Gasteiger partial charge in [0.15, 0.2) is 0 Å². The van der Waals surface area contributed by atoms with Crippen molar-refractivity contribution in [2.45, 2.75) is 12.8 Å². The van der Waals surface area contributed by atoms with E-state index in [9.17, 15) is 5.11 Å². The van der Waals surface area contributed by atoms with Gasteiger partial charge >= 0.3 is 0 Å². The molecule has 0 amide bonds. The fraction of sp³-hybridized carbons (Fsp3) is 0.231. The van der Waals surface area contributed by atoms with Gasteiger partial charge in [-0.3, -0.25) is 0 Å². The zero-order chi connectivity index (χ0) is 9.97. The van der Waals surface area contributed by atoms with E-state index in [1.54, 1.807) is 0 Å². The minimum atomic E-state index is -0.0476.